The number of hydrogen-bond donors (Lipinski definition) is 2. The van der Waals surface area contributed by atoms with Crippen LogP contribution in [-0.2, 0) is 20.2 Å². The van der Waals surface area contributed by atoms with Crippen LogP contribution in [0, 0.1) is 0 Å². The minimum absolute atomic E-state index is 0.229. The Morgan fingerprint density at radius 3 is 1.65 bits per heavy atom. The molecule has 7 nitrogen and oxygen atoms in total. The standard InChI is InChI=1S/C8H17NO6S2/c10-16(11,12)6-9(7-17(13,14)15)8-4-2-1-3-5-8/h8H,1-7H2,(H,10,11,12)(H,13,14,15). The highest BCUT2D eigenvalue weighted by atomic mass is 32.2. The molecule has 0 radical (unpaired) electrons. The van der Waals surface area contributed by atoms with Gasteiger partial charge in [0.1, 0.15) is 11.8 Å². The molecule has 2 N–H and O–H groups in total. The number of rotatable bonds is 5. The summed E-state index contributed by atoms with van der Waals surface area (Å²) in [6, 6.07) is -0.229. The van der Waals surface area contributed by atoms with Crippen LogP contribution >= 0.6 is 0 Å². The Bertz CT molecular complexity index is 403. The van der Waals surface area contributed by atoms with Gasteiger partial charge < -0.3 is 0 Å². The lowest BCUT2D eigenvalue weighted by atomic mass is 9.95. The molecule has 0 saturated heterocycles. The van der Waals surface area contributed by atoms with Gasteiger partial charge in [-0.2, -0.15) is 16.8 Å². The summed E-state index contributed by atoms with van der Waals surface area (Å²) in [6.07, 6.45) is 4.15. The number of nitrogens with zero attached hydrogens (tertiary/aromatic N) is 1. The maximum absolute atomic E-state index is 10.8. The first kappa shape index (κ1) is 14.8. The van der Waals surface area contributed by atoms with Gasteiger partial charge in [0.25, 0.3) is 20.2 Å². The molecular formula is C8H17NO6S2. The lowest BCUT2D eigenvalue weighted by Crippen LogP contribution is -2.43. The molecule has 0 amide bonds. The Morgan fingerprint density at radius 2 is 1.29 bits per heavy atom. The topological polar surface area (TPSA) is 112 Å². The van der Waals surface area contributed by atoms with E-state index >= 15 is 0 Å². The van der Waals surface area contributed by atoms with Crippen molar-refractivity contribution in [3.63, 3.8) is 0 Å². The maximum Gasteiger partial charge on any atom is 0.278 e. The zero-order valence-corrected chi connectivity index (χ0v) is 11.0. The van der Waals surface area contributed by atoms with Crippen LogP contribution in [0.15, 0.2) is 0 Å². The van der Waals surface area contributed by atoms with Crippen molar-refractivity contribution in [1.82, 2.24) is 4.90 Å². The van der Waals surface area contributed by atoms with Gasteiger partial charge in [-0.05, 0) is 12.8 Å². The first-order chi connectivity index (χ1) is 7.67. The van der Waals surface area contributed by atoms with E-state index in [4.69, 9.17) is 9.11 Å². The van der Waals surface area contributed by atoms with Gasteiger partial charge in [-0.1, -0.05) is 19.3 Å². The molecule has 1 saturated carbocycles. The summed E-state index contributed by atoms with van der Waals surface area (Å²) in [5.74, 6) is -1.53. The van der Waals surface area contributed by atoms with E-state index in [1.165, 1.54) is 0 Å². The van der Waals surface area contributed by atoms with Crippen molar-refractivity contribution >= 4 is 20.2 Å². The van der Waals surface area contributed by atoms with Crippen molar-refractivity contribution in [2.45, 2.75) is 38.1 Å². The average molecular weight is 287 g/mol. The van der Waals surface area contributed by atoms with Crippen LogP contribution in [0.4, 0.5) is 0 Å². The third-order valence-corrected chi connectivity index (χ3v) is 4.06. The molecule has 9 heteroatoms. The third kappa shape index (κ3) is 6.32. The molecule has 0 aromatic carbocycles. The molecule has 102 valence electrons. The van der Waals surface area contributed by atoms with Gasteiger partial charge in [-0.3, -0.25) is 14.0 Å². The first-order valence-electron chi connectivity index (χ1n) is 5.32. The molecule has 0 heterocycles. The van der Waals surface area contributed by atoms with Crippen LogP contribution in [-0.4, -0.2) is 48.6 Å². The molecule has 1 aliphatic carbocycles. The van der Waals surface area contributed by atoms with Crippen LogP contribution in [0.1, 0.15) is 32.1 Å². The Hall–Kier alpha value is -0.220. The monoisotopic (exact) mass is 287 g/mol. The Labute approximate surface area is 101 Å². The smallest absolute Gasteiger partial charge is 0.278 e. The summed E-state index contributed by atoms with van der Waals surface area (Å²) in [6.45, 7) is 0. The molecule has 17 heavy (non-hydrogen) atoms. The van der Waals surface area contributed by atoms with Crippen LogP contribution in [0.2, 0.25) is 0 Å². The van der Waals surface area contributed by atoms with Crippen molar-refractivity contribution in [2.75, 3.05) is 11.8 Å². The van der Waals surface area contributed by atoms with Crippen LogP contribution < -0.4 is 0 Å². The minimum Gasteiger partial charge on any atom is -0.285 e. The molecule has 1 aliphatic rings. The van der Waals surface area contributed by atoms with E-state index in [0.29, 0.717) is 12.8 Å². The van der Waals surface area contributed by atoms with Gasteiger partial charge in [-0.25, -0.2) is 0 Å². The quantitative estimate of drug-likeness (QED) is 0.700. The second-order valence-electron chi connectivity index (χ2n) is 4.30. The first-order valence-corrected chi connectivity index (χ1v) is 8.53. The van der Waals surface area contributed by atoms with E-state index in [9.17, 15) is 16.8 Å². The summed E-state index contributed by atoms with van der Waals surface area (Å²) in [4.78, 5) is 1.10. The zero-order chi connectivity index (χ0) is 13.1. The molecule has 0 bridgehead atoms. The molecule has 0 atom stereocenters. The van der Waals surface area contributed by atoms with E-state index in [0.717, 1.165) is 24.2 Å². The molecule has 1 fully saturated rings. The second-order valence-corrected chi connectivity index (χ2v) is 7.15. The highest BCUT2D eigenvalue weighted by Gasteiger charge is 2.27. The van der Waals surface area contributed by atoms with Gasteiger partial charge in [0, 0.05) is 6.04 Å². The molecule has 0 aromatic heterocycles. The SMILES string of the molecule is O=S(=O)(O)CN(CS(=O)(=O)O)C1CCCCC1. The fourth-order valence-corrected chi connectivity index (χ4v) is 3.67. The van der Waals surface area contributed by atoms with Crippen LogP contribution in [0.25, 0.3) is 0 Å². The predicted molar refractivity (Wildman–Crippen MR) is 61.5 cm³/mol. The van der Waals surface area contributed by atoms with Gasteiger partial charge in [-0.15, -0.1) is 0 Å². The van der Waals surface area contributed by atoms with Gasteiger partial charge in [0.05, 0.1) is 0 Å². The molecule has 0 spiro atoms. The largest absolute Gasteiger partial charge is 0.285 e. The zero-order valence-electron chi connectivity index (χ0n) is 9.32. The molecule has 0 aliphatic heterocycles. The summed E-state index contributed by atoms with van der Waals surface area (Å²) in [5, 5.41) is 0. The Balaban J connectivity index is 2.77. The minimum atomic E-state index is -4.29. The van der Waals surface area contributed by atoms with E-state index in [2.05, 4.69) is 0 Å². The Morgan fingerprint density at radius 1 is 0.882 bits per heavy atom. The lowest BCUT2D eigenvalue weighted by molar-refractivity contribution is 0.197. The highest BCUT2D eigenvalue weighted by molar-refractivity contribution is 7.86. The van der Waals surface area contributed by atoms with Gasteiger partial charge in [0.2, 0.25) is 0 Å². The molecule has 1 rings (SSSR count). The van der Waals surface area contributed by atoms with Crippen LogP contribution in [0.3, 0.4) is 0 Å². The summed E-state index contributed by atoms with van der Waals surface area (Å²) >= 11 is 0. The summed E-state index contributed by atoms with van der Waals surface area (Å²) in [7, 11) is -8.59. The van der Waals surface area contributed by atoms with Crippen molar-refractivity contribution in [1.29, 1.82) is 0 Å². The van der Waals surface area contributed by atoms with Crippen molar-refractivity contribution in [2.24, 2.45) is 0 Å². The Kier molecular flexibility index (Phi) is 4.90. The highest BCUT2D eigenvalue weighted by Crippen LogP contribution is 2.23. The van der Waals surface area contributed by atoms with Gasteiger partial charge in [0.15, 0.2) is 0 Å². The van der Waals surface area contributed by atoms with Crippen molar-refractivity contribution in [3.05, 3.63) is 0 Å². The van der Waals surface area contributed by atoms with Gasteiger partial charge >= 0.3 is 0 Å². The molecular weight excluding hydrogens is 270 g/mol. The third-order valence-electron chi connectivity index (χ3n) is 2.75. The van der Waals surface area contributed by atoms with Crippen molar-refractivity contribution in [3.8, 4) is 0 Å². The molecule has 0 aromatic rings. The normalized spacial score (nSPS) is 19.7. The number of hydrogen-bond acceptors (Lipinski definition) is 5. The summed E-state index contributed by atoms with van der Waals surface area (Å²) in [5.41, 5.74) is 0. The maximum atomic E-state index is 10.8. The average Bonchev–Trinajstić information content (AvgIpc) is 2.14. The van der Waals surface area contributed by atoms with E-state index < -0.39 is 32.0 Å². The van der Waals surface area contributed by atoms with E-state index in [-0.39, 0.29) is 6.04 Å². The second kappa shape index (κ2) is 5.61. The van der Waals surface area contributed by atoms with Crippen LogP contribution in [0.5, 0.6) is 0 Å². The lowest BCUT2D eigenvalue weighted by Gasteiger charge is -2.32. The molecule has 0 unspecified atom stereocenters. The fourth-order valence-electron chi connectivity index (χ4n) is 2.11. The fraction of sp³-hybridized carbons (Fsp3) is 1.00. The predicted octanol–water partition coefficient (Wildman–Crippen LogP) is 0.312. The van der Waals surface area contributed by atoms with Crippen molar-refractivity contribution < 1.29 is 25.9 Å². The van der Waals surface area contributed by atoms with E-state index in [1.807, 2.05) is 0 Å². The summed E-state index contributed by atoms with van der Waals surface area (Å²) < 4.78 is 60.8. The van der Waals surface area contributed by atoms with E-state index in [1.54, 1.807) is 0 Å².